The van der Waals surface area contributed by atoms with Gasteiger partial charge >= 0.3 is 0 Å². The highest BCUT2D eigenvalue weighted by molar-refractivity contribution is 5.88. The SMILES string of the molecule is Cc1cc(-c2ccccn2)nc2cc(-c3ccn(C4CCC(CN)CC4)n3)ccc12. The second-order valence-corrected chi connectivity index (χ2v) is 8.36. The van der Waals surface area contributed by atoms with Crippen molar-refractivity contribution >= 4 is 10.9 Å². The number of rotatable bonds is 4. The van der Waals surface area contributed by atoms with Crippen molar-refractivity contribution in [3.63, 3.8) is 0 Å². The van der Waals surface area contributed by atoms with E-state index < -0.39 is 0 Å². The monoisotopic (exact) mass is 397 g/mol. The Morgan fingerprint density at radius 1 is 0.967 bits per heavy atom. The van der Waals surface area contributed by atoms with Crippen LogP contribution in [-0.2, 0) is 0 Å². The molecule has 2 N–H and O–H groups in total. The van der Waals surface area contributed by atoms with Gasteiger partial charge in [-0.25, -0.2) is 4.98 Å². The molecule has 1 fully saturated rings. The van der Waals surface area contributed by atoms with Gasteiger partial charge in [-0.05, 0) is 81.0 Å². The minimum absolute atomic E-state index is 0.484. The molecule has 5 nitrogen and oxygen atoms in total. The van der Waals surface area contributed by atoms with Crippen molar-refractivity contribution in [3.05, 3.63) is 66.5 Å². The molecule has 0 bridgehead atoms. The van der Waals surface area contributed by atoms with Gasteiger partial charge in [-0.3, -0.25) is 9.67 Å². The number of nitrogens with two attached hydrogens (primary N) is 1. The van der Waals surface area contributed by atoms with Crippen LogP contribution >= 0.6 is 0 Å². The maximum absolute atomic E-state index is 5.84. The fourth-order valence-corrected chi connectivity index (χ4v) is 4.55. The molecule has 1 aliphatic rings. The van der Waals surface area contributed by atoms with E-state index in [4.69, 9.17) is 15.8 Å². The molecule has 0 spiro atoms. The summed E-state index contributed by atoms with van der Waals surface area (Å²) in [5.74, 6) is 0.680. The van der Waals surface area contributed by atoms with Crippen LogP contribution in [0, 0.1) is 12.8 Å². The molecular formula is C25H27N5. The van der Waals surface area contributed by atoms with E-state index in [0.717, 1.165) is 52.9 Å². The molecule has 5 heteroatoms. The van der Waals surface area contributed by atoms with Crippen molar-refractivity contribution in [1.82, 2.24) is 19.7 Å². The van der Waals surface area contributed by atoms with Gasteiger partial charge in [0.15, 0.2) is 0 Å². The third-order valence-electron chi connectivity index (χ3n) is 6.37. The van der Waals surface area contributed by atoms with Crippen molar-refractivity contribution in [1.29, 1.82) is 0 Å². The molecule has 1 saturated carbocycles. The lowest BCUT2D eigenvalue weighted by Gasteiger charge is -2.27. The Kier molecular flexibility index (Phi) is 5.05. The number of aromatic nitrogens is 4. The summed E-state index contributed by atoms with van der Waals surface area (Å²) in [7, 11) is 0. The van der Waals surface area contributed by atoms with Crippen LogP contribution in [0.25, 0.3) is 33.5 Å². The minimum atomic E-state index is 0.484. The van der Waals surface area contributed by atoms with Crippen LogP contribution in [0.4, 0.5) is 0 Å². The molecule has 4 aromatic rings. The zero-order valence-electron chi connectivity index (χ0n) is 17.3. The highest BCUT2D eigenvalue weighted by Gasteiger charge is 2.22. The number of hydrogen-bond donors (Lipinski definition) is 1. The van der Waals surface area contributed by atoms with Crippen molar-refractivity contribution in [3.8, 4) is 22.6 Å². The summed E-state index contributed by atoms with van der Waals surface area (Å²) in [6.07, 6.45) is 8.65. The van der Waals surface area contributed by atoms with Crippen LogP contribution in [0.5, 0.6) is 0 Å². The lowest BCUT2D eigenvalue weighted by atomic mass is 9.86. The minimum Gasteiger partial charge on any atom is -0.330 e. The van der Waals surface area contributed by atoms with E-state index in [-0.39, 0.29) is 0 Å². The van der Waals surface area contributed by atoms with Gasteiger partial charge in [0.1, 0.15) is 0 Å². The largest absolute Gasteiger partial charge is 0.330 e. The van der Waals surface area contributed by atoms with Crippen LogP contribution in [-0.4, -0.2) is 26.3 Å². The second kappa shape index (κ2) is 8.00. The Morgan fingerprint density at radius 2 is 1.83 bits per heavy atom. The third-order valence-corrected chi connectivity index (χ3v) is 6.37. The molecule has 1 aromatic carbocycles. The molecule has 152 valence electrons. The molecule has 3 heterocycles. The molecule has 0 atom stereocenters. The van der Waals surface area contributed by atoms with Crippen LogP contribution < -0.4 is 5.73 Å². The smallest absolute Gasteiger partial charge is 0.0924 e. The zero-order chi connectivity index (χ0) is 20.5. The molecule has 0 saturated heterocycles. The molecule has 3 aromatic heterocycles. The number of fused-ring (bicyclic) bond motifs is 1. The molecular weight excluding hydrogens is 370 g/mol. The molecule has 0 unspecified atom stereocenters. The first-order valence-electron chi connectivity index (χ1n) is 10.8. The topological polar surface area (TPSA) is 69.6 Å². The fraction of sp³-hybridized carbons (Fsp3) is 0.320. The van der Waals surface area contributed by atoms with Crippen LogP contribution in [0.15, 0.2) is 60.9 Å². The van der Waals surface area contributed by atoms with Gasteiger partial charge in [-0.15, -0.1) is 0 Å². The van der Waals surface area contributed by atoms with E-state index in [2.05, 4.69) is 53.1 Å². The summed E-state index contributed by atoms with van der Waals surface area (Å²) in [6, 6.07) is 17.1. The van der Waals surface area contributed by atoms with Crippen molar-refractivity contribution in [2.75, 3.05) is 6.54 Å². The normalized spacial score (nSPS) is 19.3. The molecule has 5 rings (SSSR count). The summed E-state index contributed by atoms with van der Waals surface area (Å²) < 4.78 is 2.15. The lowest BCUT2D eigenvalue weighted by molar-refractivity contribution is 0.265. The fourth-order valence-electron chi connectivity index (χ4n) is 4.55. The predicted octanol–water partition coefficient (Wildman–Crippen LogP) is 5.16. The second-order valence-electron chi connectivity index (χ2n) is 8.36. The quantitative estimate of drug-likeness (QED) is 0.516. The van der Waals surface area contributed by atoms with E-state index in [1.165, 1.54) is 18.4 Å². The summed E-state index contributed by atoms with van der Waals surface area (Å²) in [4.78, 5) is 9.36. The number of pyridine rings is 2. The summed E-state index contributed by atoms with van der Waals surface area (Å²) in [6.45, 7) is 2.93. The Bertz CT molecular complexity index is 1160. The Morgan fingerprint density at radius 3 is 2.60 bits per heavy atom. The van der Waals surface area contributed by atoms with Gasteiger partial charge in [-0.2, -0.15) is 5.10 Å². The standard InChI is InChI=1S/C25H27N5/c1-17-14-25(23-4-2-3-12-27-23)28-24-15-19(7-10-21(17)24)22-11-13-30(29-22)20-8-5-18(16-26)6-9-20/h2-4,7,10-15,18,20H,5-6,8-9,16,26H2,1H3. The first-order chi connectivity index (χ1) is 14.7. The number of nitrogens with zero attached hydrogens (tertiary/aromatic N) is 4. The maximum atomic E-state index is 5.84. The van der Waals surface area contributed by atoms with Gasteiger partial charge in [0, 0.05) is 23.3 Å². The number of hydrogen-bond acceptors (Lipinski definition) is 4. The van der Waals surface area contributed by atoms with Crippen molar-refractivity contribution in [2.45, 2.75) is 38.6 Å². The van der Waals surface area contributed by atoms with Gasteiger partial charge in [0.05, 0.1) is 28.6 Å². The third kappa shape index (κ3) is 3.61. The van der Waals surface area contributed by atoms with E-state index in [1.807, 2.05) is 18.2 Å². The van der Waals surface area contributed by atoms with E-state index in [1.54, 1.807) is 6.20 Å². The molecule has 0 aliphatic heterocycles. The van der Waals surface area contributed by atoms with E-state index >= 15 is 0 Å². The van der Waals surface area contributed by atoms with Gasteiger partial charge in [0.25, 0.3) is 0 Å². The molecule has 30 heavy (non-hydrogen) atoms. The van der Waals surface area contributed by atoms with Crippen LogP contribution in [0.2, 0.25) is 0 Å². The predicted molar refractivity (Wildman–Crippen MR) is 121 cm³/mol. The summed E-state index contributed by atoms with van der Waals surface area (Å²) in [5, 5.41) is 6.07. The number of aryl methyl sites for hydroxylation is 1. The van der Waals surface area contributed by atoms with Crippen LogP contribution in [0.3, 0.4) is 0 Å². The molecule has 1 aliphatic carbocycles. The average Bonchev–Trinajstić information content (AvgIpc) is 3.30. The summed E-state index contributed by atoms with van der Waals surface area (Å²) >= 11 is 0. The Balaban J connectivity index is 1.46. The number of benzene rings is 1. The Hall–Kier alpha value is -3.05. The van der Waals surface area contributed by atoms with Crippen molar-refractivity contribution in [2.24, 2.45) is 11.7 Å². The van der Waals surface area contributed by atoms with E-state index in [0.29, 0.717) is 12.0 Å². The Labute approximate surface area is 177 Å². The van der Waals surface area contributed by atoms with Gasteiger partial charge in [-0.1, -0.05) is 18.2 Å². The summed E-state index contributed by atoms with van der Waals surface area (Å²) in [5.41, 5.74) is 11.9. The first-order valence-corrected chi connectivity index (χ1v) is 10.8. The molecule has 0 radical (unpaired) electrons. The zero-order valence-corrected chi connectivity index (χ0v) is 17.3. The van der Waals surface area contributed by atoms with Crippen LogP contribution in [0.1, 0.15) is 37.3 Å². The first kappa shape index (κ1) is 18.9. The highest BCUT2D eigenvalue weighted by Crippen LogP contribution is 2.33. The average molecular weight is 398 g/mol. The van der Waals surface area contributed by atoms with Gasteiger partial charge in [0.2, 0.25) is 0 Å². The molecule has 0 amide bonds. The lowest BCUT2D eigenvalue weighted by Crippen LogP contribution is -2.23. The highest BCUT2D eigenvalue weighted by atomic mass is 15.3. The maximum Gasteiger partial charge on any atom is 0.0924 e. The van der Waals surface area contributed by atoms with Gasteiger partial charge < -0.3 is 5.73 Å². The van der Waals surface area contributed by atoms with E-state index in [9.17, 15) is 0 Å². The van der Waals surface area contributed by atoms with Crippen molar-refractivity contribution < 1.29 is 0 Å².